The molecule has 1 aliphatic heterocycles. The maximum atomic E-state index is 3.83. The zero-order valence-electron chi connectivity index (χ0n) is 12.8. The van der Waals surface area contributed by atoms with E-state index in [1.54, 1.807) is 0 Å². The van der Waals surface area contributed by atoms with E-state index in [-0.39, 0.29) is 0 Å². The van der Waals surface area contributed by atoms with E-state index in [0.717, 1.165) is 0 Å². The van der Waals surface area contributed by atoms with Gasteiger partial charge in [-0.15, -0.1) is 11.3 Å². The zero-order chi connectivity index (χ0) is 13.8. The van der Waals surface area contributed by atoms with Crippen LogP contribution in [0.5, 0.6) is 0 Å². The molecule has 2 rings (SSSR count). The molecule has 2 unspecified atom stereocenters. The third-order valence-electron chi connectivity index (χ3n) is 4.17. The van der Waals surface area contributed by atoms with Gasteiger partial charge in [0.05, 0.1) is 0 Å². The molecule has 1 N–H and O–H groups in total. The lowest BCUT2D eigenvalue weighted by Gasteiger charge is -2.25. The van der Waals surface area contributed by atoms with E-state index in [0.29, 0.717) is 18.1 Å². The molecule has 1 fully saturated rings. The molecular formula is C16H28N2S. The van der Waals surface area contributed by atoms with Crippen molar-refractivity contribution < 1.29 is 0 Å². The number of hydrogen-bond acceptors (Lipinski definition) is 3. The van der Waals surface area contributed by atoms with Crippen molar-refractivity contribution in [2.75, 3.05) is 13.1 Å². The van der Waals surface area contributed by atoms with E-state index in [1.165, 1.54) is 42.1 Å². The Kier molecular flexibility index (Phi) is 5.43. The first-order valence-electron chi connectivity index (χ1n) is 7.62. The summed E-state index contributed by atoms with van der Waals surface area (Å²) in [6, 6.07) is 6.37. The Hall–Kier alpha value is -0.380. The van der Waals surface area contributed by atoms with Crippen molar-refractivity contribution in [1.29, 1.82) is 0 Å². The monoisotopic (exact) mass is 280 g/mol. The summed E-state index contributed by atoms with van der Waals surface area (Å²) in [6.45, 7) is 11.6. The summed E-state index contributed by atoms with van der Waals surface area (Å²) >= 11 is 1.92. The molecular weight excluding hydrogens is 252 g/mol. The van der Waals surface area contributed by atoms with Gasteiger partial charge in [-0.25, -0.2) is 0 Å². The molecule has 2 atom stereocenters. The third kappa shape index (κ3) is 4.30. The minimum absolute atomic E-state index is 0.495. The van der Waals surface area contributed by atoms with Crippen molar-refractivity contribution >= 4 is 11.3 Å². The van der Waals surface area contributed by atoms with Crippen LogP contribution in [0.15, 0.2) is 12.1 Å². The van der Waals surface area contributed by atoms with Gasteiger partial charge in [-0.3, -0.25) is 0 Å². The molecule has 108 valence electrons. The summed E-state index contributed by atoms with van der Waals surface area (Å²) in [6.07, 6.45) is 3.93. The molecule has 0 aromatic carbocycles. The fourth-order valence-corrected chi connectivity index (χ4v) is 3.81. The topological polar surface area (TPSA) is 15.3 Å². The number of nitrogens with one attached hydrogen (secondary N) is 1. The van der Waals surface area contributed by atoms with Crippen LogP contribution >= 0.6 is 11.3 Å². The number of hydrogen-bond donors (Lipinski definition) is 1. The predicted molar refractivity (Wildman–Crippen MR) is 85.0 cm³/mol. The molecule has 0 aliphatic carbocycles. The lowest BCUT2D eigenvalue weighted by molar-refractivity contribution is 0.228. The van der Waals surface area contributed by atoms with Gasteiger partial charge in [0.2, 0.25) is 0 Å². The Morgan fingerprint density at radius 2 is 2.00 bits per heavy atom. The van der Waals surface area contributed by atoms with Gasteiger partial charge in [-0.1, -0.05) is 0 Å². The highest BCUT2D eigenvalue weighted by molar-refractivity contribution is 7.12. The molecule has 0 saturated carbocycles. The van der Waals surface area contributed by atoms with Crippen LogP contribution in [-0.2, 0) is 0 Å². The van der Waals surface area contributed by atoms with E-state index in [2.05, 4.69) is 50.0 Å². The first kappa shape index (κ1) is 15.0. The molecule has 2 nitrogen and oxygen atoms in total. The van der Waals surface area contributed by atoms with Crippen molar-refractivity contribution in [2.24, 2.45) is 0 Å². The van der Waals surface area contributed by atoms with Crippen molar-refractivity contribution in [3.05, 3.63) is 21.9 Å². The van der Waals surface area contributed by atoms with E-state index in [1.807, 2.05) is 11.3 Å². The van der Waals surface area contributed by atoms with Crippen LogP contribution in [-0.4, -0.2) is 30.1 Å². The Balaban J connectivity index is 1.86. The van der Waals surface area contributed by atoms with Crippen molar-refractivity contribution in [3.8, 4) is 0 Å². The van der Waals surface area contributed by atoms with Crippen LogP contribution < -0.4 is 5.32 Å². The van der Waals surface area contributed by atoms with Crippen LogP contribution in [0.1, 0.15) is 55.8 Å². The summed E-state index contributed by atoms with van der Waals surface area (Å²) in [4.78, 5) is 5.50. The molecule has 1 aromatic rings. The first-order valence-corrected chi connectivity index (χ1v) is 8.44. The number of thiophene rings is 1. The largest absolute Gasteiger partial charge is 0.307 e. The average molecular weight is 280 g/mol. The summed E-state index contributed by atoms with van der Waals surface area (Å²) in [5.74, 6) is 0. The lowest BCUT2D eigenvalue weighted by Crippen LogP contribution is -2.34. The Labute approximate surface area is 122 Å². The molecule has 0 amide bonds. The molecule has 19 heavy (non-hydrogen) atoms. The summed E-state index contributed by atoms with van der Waals surface area (Å²) in [5, 5.41) is 3.83. The number of likely N-dealkylation sites (tertiary alicyclic amines) is 1. The smallest absolute Gasteiger partial charge is 0.0388 e. The van der Waals surface area contributed by atoms with Crippen LogP contribution in [0, 0.1) is 6.92 Å². The first-order chi connectivity index (χ1) is 9.06. The van der Waals surface area contributed by atoms with Crippen molar-refractivity contribution in [3.63, 3.8) is 0 Å². The molecule has 1 aromatic heterocycles. The van der Waals surface area contributed by atoms with Gasteiger partial charge in [0, 0.05) is 27.9 Å². The van der Waals surface area contributed by atoms with Gasteiger partial charge < -0.3 is 10.2 Å². The minimum atomic E-state index is 0.495. The van der Waals surface area contributed by atoms with E-state index in [4.69, 9.17) is 0 Å². The quantitative estimate of drug-likeness (QED) is 0.898. The highest BCUT2D eigenvalue weighted by Gasteiger charge is 2.20. The molecule has 0 spiro atoms. The molecule has 0 radical (unpaired) electrons. The summed E-state index contributed by atoms with van der Waals surface area (Å²) in [7, 11) is 0. The number of aryl methyl sites for hydroxylation is 1. The fraction of sp³-hybridized carbons (Fsp3) is 0.750. The second-order valence-corrected chi connectivity index (χ2v) is 7.41. The van der Waals surface area contributed by atoms with E-state index < -0.39 is 0 Å². The van der Waals surface area contributed by atoms with Crippen molar-refractivity contribution in [1.82, 2.24) is 10.2 Å². The maximum absolute atomic E-state index is 3.83. The summed E-state index contributed by atoms with van der Waals surface area (Å²) in [5.41, 5.74) is 0. The second-order valence-electron chi connectivity index (χ2n) is 6.09. The van der Waals surface area contributed by atoms with E-state index >= 15 is 0 Å². The minimum Gasteiger partial charge on any atom is -0.307 e. The zero-order valence-corrected chi connectivity index (χ0v) is 13.6. The molecule has 3 heteroatoms. The standard InChI is InChI=1S/C16H28N2S/c1-12(2)18-10-5-6-15(9-11-18)17-14(4)16-8-7-13(3)19-16/h7-8,12,14-15,17H,5-6,9-11H2,1-4H3. The van der Waals surface area contributed by atoms with Gasteiger partial charge in [0.15, 0.2) is 0 Å². The van der Waals surface area contributed by atoms with Gasteiger partial charge in [0.1, 0.15) is 0 Å². The average Bonchev–Trinajstić information content (AvgIpc) is 2.65. The molecule has 1 aliphatic rings. The molecule has 2 heterocycles. The maximum Gasteiger partial charge on any atom is 0.0388 e. The van der Waals surface area contributed by atoms with Crippen LogP contribution in [0.2, 0.25) is 0 Å². The van der Waals surface area contributed by atoms with Crippen molar-refractivity contribution in [2.45, 2.75) is 65.1 Å². The van der Waals surface area contributed by atoms with Gasteiger partial charge in [0.25, 0.3) is 0 Å². The lowest BCUT2D eigenvalue weighted by atomic mass is 10.1. The molecule has 1 saturated heterocycles. The second kappa shape index (κ2) is 6.87. The predicted octanol–water partition coefficient (Wildman–Crippen LogP) is 3.97. The highest BCUT2D eigenvalue weighted by atomic mass is 32.1. The van der Waals surface area contributed by atoms with Gasteiger partial charge >= 0.3 is 0 Å². The Bertz CT molecular complexity index is 386. The van der Waals surface area contributed by atoms with Crippen LogP contribution in [0.3, 0.4) is 0 Å². The highest BCUT2D eigenvalue weighted by Crippen LogP contribution is 2.24. The normalized spacial score (nSPS) is 23.5. The summed E-state index contributed by atoms with van der Waals surface area (Å²) < 4.78 is 0. The SMILES string of the molecule is Cc1ccc(C(C)NC2CCCN(C(C)C)CC2)s1. The third-order valence-corrected chi connectivity index (χ3v) is 5.35. The molecule has 0 bridgehead atoms. The Morgan fingerprint density at radius 1 is 1.21 bits per heavy atom. The van der Waals surface area contributed by atoms with Gasteiger partial charge in [-0.2, -0.15) is 0 Å². The number of rotatable bonds is 4. The van der Waals surface area contributed by atoms with Crippen LogP contribution in [0.25, 0.3) is 0 Å². The van der Waals surface area contributed by atoms with E-state index in [9.17, 15) is 0 Å². The Morgan fingerprint density at radius 3 is 2.63 bits per heavy atom. The number of nitrogens with zero attached hydrogens (tertiary/aromatic N) is 1. The van der Waals surface area contributed by atoms with Crippen LogP contribution in [0.4, 0.5) is 0 Å². The fourth-order valence-electron chi connectivity index (χ4n) is 2.92. The van der Waals surface area contributed by atoms with Gasteiger partial charge in [-0.05, 0) is 72.2 Å².